The molecule has 7 nitrogen and oxygen atoms in total. The largest absolute Gasteiger partial charge is 0.496 e. The number of urea groups is 1. The number of anilines is 1. The summed E-state index contributed by atoms with van der Waals surface area (Å²) in [5.41, 5.74) is 3.48. The number of hydrogen-bond donors (Lipinski definition) is 3. The molecule has 1 heterocycles. The molecule has 1 saturated heterocycles. The number of carbonyl (C=O) groups excluding carboxylic acids is 1. The van der Waals surface area contributed by atoms with E-state index in [9.17, 15) is 9.90 Å². The summed E-state index contributed by atoms with van der Waals surface area (Å²) in [6, 6.07) is 23.1. The molecule has 1 aliphatic heterocycles. The Morgan fingerprint density at radius 1 is 1.03 bits per heavy atom. The molecule has 3 aromatic carbocycles. The quantitative estimate of drug-likeness (QED) is 0.323. The number of aliphatic hydroxyl groups is 1. The van der Waals surface area contributed by atoms with Gasteiger partial charge in [-0.2, -0.15) is 0 Å². The minimum absolute atomic E-state index is 0.00633. The van der Waals surface area contributed by atoms with Crippen LogP contribution in [0.5, 0.6) is 5.75 Å². The third kappa shape index (κ3) is 6.79. The van der Waals surface area contributed by atoms with Crippen molar-refractivity contribution in [3.05, 3.63) is 89.5 Å². The predicted molar refractivity (Wildman–Crippen MR) is 141 cm³/mol. The van der Waals surface area contributed by atoms with Crippen molar-refractivity contribution in [2.45, 2.75) is 43.3 Å². The molecule has 2 amide bonds. The van der Waals surface area contributed by atoms with Gasteiger partial charge in [0.2, 0.25) is 0 Å². The topological polar surface area (TPSA) is 89.1 Å². The van der Waals surface area contributed by atoms with Gasteiger partial charge in [-0.05, 0) is 42.3 Å². The van der Waals surface area contributed by atoms with Crippen molar-refractivity contribution in [3.8, 4) is 5.75 Å². The molecule has 3 atom stereocenters. The van der Waals surface area contributed by atoms with E-state index in [0.717, 1.165) is 33.1 Å². The van der Waals surface area contributed by atoms with Crippen LogP contribution in [-0.2, 0) is 16.1 Å². The van der Waals surface area contributed by atoms with Crippen LogP contribution in [0, 0.1) is 0 Å². The maximum absolute atomic E-state index is 11.8. The van der Waals surface area contributed by atoms with Crippen molar-refractivity contribution in [1.29, 1.82) is 0 Å². The van der Waals surface area contributed by atoms with Gasteiger partial charge >= 0.3 is 6.03 Å². The first-order valence-corrected chi connectivity index (χ1v) is 13.0. The Balaban J connectivity index is 1.51. The van der Waals surface area contributed by atoms with E-state index >= 15 is 0 Å². The highest BCUT2D eigenvalue weighted by Crippen LogP contribution is 2.40. The second kappa shape index (κ2) is 12.8. The van der Waals surface area contributed by atoms with Crippen LogP contribution in [0.1, 0.15) is 42.4 Å². The zero-order valence-electron chi connectivity index (χ0n) is 20.5. The van der Waals surface area contributed by atoms with Gasteiger partial charge in [-0.1, -0.05) is 48.5 Å². The molecule has 0 bridgehead atoms. The fourth-order valence-electron chi connectivity index (χ4n) is 4.00. The third-order valence-corrected chi connectivity index (χ3v) is 7.07. The van der Waals surface area contributed by atoms with Gasteiger partial charge in [-0.25, -0.2) is 4.79 Å². The van der Waals surface area contributed by atoms with Gasteiger partial charge in [0, 0.05) is 34.9 Å². The molecule has 1 fully saturated rings. The van der Waals surface area contributed by atoms with Gasteiger partial charge in [-0.15, -0.1) is 11.8 Å². The van der Waals surface area contributed by atoms with Crippen LogP contribution in [0.4, 0.5) is 10.5 Å². The number of amides is 2. The van der Waals surface area contributed by atoms with E-state index in [-0.39, 0.29) is 24.8 Å². The number of hydrogen-bond acceptors (Lipinski definition) is 6. The zero-order valence-corrected chi connectivity index (χ0v) is 21.3. The molecule has 3 aromatic rings. The van der Waals surface area contributed by atoms with Crippen molar-refractivity contribution in [3.63, 3.8) is 0 Å². The molecule has 0 saturated carbocycles. The Labute approximate surface area is 216 Å². The smallest absolute Gasteiger partial charge is 0.319 e. The van der Waals surface area contributed by atoms with Crippen molar-refractivity contribution in [2.24, 2.45) is 0 Å². The summed E-state index contributed by atoms with van der Waals surface area (Å²) in [5.74, 6) is 1.58. The summed E-state index contributed by atoms with van der Waals surface area (Å²) >= 11 is 1.70. The molecule has 0 spiro atoms. The van der Waals surface area contributed by atoms with Crippen LogP contribution in [0.3, 0.4) is 0 Å². The maximum Gasteiger partial charge on any atom is 0.319 e. The summed E-state index contributed by atoms with van der Waals surface area (Å²) in [6.45, 7) is 2.44. The van der Waals surface area contributed by atoms with E-state index in [4.69, 9.17) is 14.2 Å². The number of methoxy groups -OCH3 is 1. The summed E-state index contributed by atoms with van der Waals surface area (Å²) in [7, 11) is 1.68. The number of rotatable bonds is 9. The first kappa shape index (κ1) is 26.0. The highest BCUT2D eigenvalue weighted by Gasteiger charge is 2.32. The molecule has 0 aromatic heterocycles. The summed E-state index contributed by atoms with van der Waals surface area (Å²) in [6.07, 6.45) is -0.0706. The van der Waals surface area contributed by atoms with E-state index in [1.54, 1.807) is 18.9 Å². The molecule has 4 rings (SSSR count). The highest BCUT2D eigenvalue weighted by molar-refractivity contribution is 7.99. The Hall–Kier alpha value is -3.04. The summed E-state index contributed by atoms with van der Waals surface area (Å²) in [5, 5.41) is 14.9. The lowest BCUT2D eigenvalue weighted by Gasteiger charge is -2.36. The highest BCUT2D eigenvalue weighted by atomic mass is 32.2. The monoisotopic (exact) mass is 508 g/mol. The van der Waals surface area contributed by atoms with Crippen LogP contribution < -0.4 is 15.4 Å². The first-order valence-electron chi connectivity index (χ1n) is 12.0. The lowest BCUT2D eigenvalue weighted by molar-refractivity contribution is -0.245. The molecule has 1 aliphatic rings. The van der Waals surface area contributed by atoms with Gasteiger partial charge in [0.15, 0.2) is 6.29 Å². The minimum Gasteiger partial charge on any atom is -0.496 e. The van der Waals surface area contributed by atoms with Crippen LogP contribution in [0.15, 0.2) is 77.7 Å². The van der Waals surface area contributed by atoms with Gasteiger partial charge in [-0.3, -0.25) is 0 Å². The van der Waals surface area contributed by atoms with E-state index in [1.807, 2.05) is 79.7 Å². The summed E-state index contributed by atoms with van der Waals surface area (Å²) in [4.78, 5) is 12.9. The van der Waals surface area contributed by atoms with Gasteiger partial charge in [0.25, 0.3) is 0 Å². The Kier molecular flexibility index (Phi) is 9.24. The lowest BCUT2D eigenvalue weighted by Crippen LogP contribution is -2.31. The van der Waals surface area contributed by atoms with E-state index in [0.29, 0.717) is 18.7 Å². The minimum atomic E-state index is -0.553. The molecule has 3 N–H and O–H groups in total. The predicted octanol–water partition coefficient (Wildman–Crippen LogP) is 5.67. The molecular formula is C28H32N2O5S. The van der Waals surface area contributed by atoms with Gasteiger partial charge in [0.05, 0.1) is 25.9 Å². The molecule has 0 unspecified atom stereocenters. The van der Waals surface area contributed by atoms with E-state index in [2.05, 4.69) is 10.6 Å². The Morgan fingerprint density at radius 2 is 1.75 bits per heavy atom. The number of nitrogens with one attached hydrogen (secondary N) is 2. The van der Waals surface area contributed by atoms with Crippen LogP contribution in [0.25, 0.3) is 0 Å². The van der Waals surface area contributed by atoms with Crippen LogP contribution in [-0.4, -0.2) is 36.6 Å². The molecule has 0 radical (unpaired) electrons. The second-order valence-corrected chi connectivity index (χ2v) is 9.48. The van der Waals surface area contributed by atoms with Gasteiger partial charge < -0.3 is 30.0 Å². The number of para-hydroxylation sites is 1. The van der Waals surface area contributed by atoms with Crippen LogP contribution >= 0.6 is 11.8 Å². The standard InChI is InChI=1S/C28H32N2O5S/c1-3-29-28(32)30-22-14-12-21(13-15-22)27-34-23(18-36-26-7-5-4-6-24(26)33-2)16-25(35-27)20-10-8-19(17-31)9-11-20/h4-15,23,25,27,31H,3,16-18H2,1-2H3,(H2,29,30,32)/t23-,25+,27+/m0/s1. The molecular weight excluding hydrogens is 476 g/mol. The molecule has 0 aliphatic carbocycles. The maximum atomic E-state index is 11.8. The normalized spacial score (nSPS) is 19.5. The van der Waals surface area contributed by atoms with Crippen molar-refractivity contribution in [1.82, 2.24) is 5.32 Å². The SMILES string of the molecule is CCNC(=O)Nc1ccc([C@@H]2O[C@H](CSc3ccccc3OC)C[C@H](c3ccc(CO)cc3)O2)cc1. The summed E-state index contributed by atoms with van der Waals surface area (Å²) < 4.78 is 18.3. The van der Waals surface area contributed by atoms with Crippen LogP contribution in [0.2, 0.25) is 0 Å². The average molecular weight is 509 g/mol. The number of thioether (sulfide) groups is 1. The number of carbonyl (C=O) groups is 1. The molecule has 36 heavy (non-hydrogen) atoms. The molecule has 8 heteroatoms. The van der Waals surface area contributed by atoms with E-state index in [1.165, 1.54) is 0 Å². The fourth-order valence-corrected chi connectivity index (χ4v) is 5.05. The Morgan fingerprint density at radius 3 is 2.44 bits per heavy atom. The lowest BCUT2D eigenvalue weighted by atomic mass is 10.0. The second-order valence-electron chi connectivity index (χ2n) is 8.42. The third-order valence-electron chi connectivity index (χ3n) is 5.89. The van der Waals surface area contributed by atoms with Gasteiger partial charge in [0.1, 0.15) is 5.75 Å². The Bertz CT molecular complexity index is 1120. The van der Waals surface area contributed by atoms with Crippen molar-refractivity contribution < 1.29 is 24.1 Å². The number of benzene rings is 3. The average Bonchev–Trinajstić information content (AvgIpc) is 2.92. The number of aliphatic hydroxyl groups excluding tert-OH is 1. The fraction of sp³-hybridized carbons (Fsp3) is 0.321. The molecule has 190 valence electrons. The van der Waals surface area contributed by atoms with Crippen molar-refractivity contribution in [2.75, 3.05) is 24.7 Å². The first-order chi connectivity index (χ1) is 17.6. The zero-order chi connectivity index (χ0) is 25.3. The van der Waals surface area contributed by atoms with E-state index < -0.39 is 6.29 Å². The number of ether oxygens (including phenoxy) is 3. The van der Waals surface area contributed by atoms with Crippen molar-refractivity contribution >= 4 is 23.5 Å².